The Balaban J connectivity index is 2.39. The first-order valence-corrected chi connectivity index (χ1v) is 7.28. The highest BCUT2D eigenvalue weighted by Gasteiger charge is 2.30. The Kier molecular flexibility index (Phi) is 4.92. The number of piperazine rings is 1. The molecule has 120 valence electrons. The van der Waals surface area contributed by atoms with E-state index in [-0.39, 0.29) is 17.5 Å². The fourth-order valence-corrected chi connectivity index (χ4v) is 2.61. The number of pyridine rings is 1. The van der Waals surface area contributed by atoms with Crippen molar-refractivity contribution in [2.24, 2.45) is 5.92 Å². The molecule has 0 aliphatic carbocycles. The van der Waals surface area contributed by atoms with Crippen molar-refractivity contribution >= 4 is 11.6 Å². The van der Waals surface area contributed by atoms with Crippen LogP contribution in [-0.2, 0) is 4.79 Å². The molecule has 0 bridgehead atoms. The van der Waals surface area contributed by atoms with Gasteiger partial charge in [-0.1, -0.05) is 13.8 Å². The summed E-state index contributed by atoms with van der Waals surface area (Å²) in [5, 5.41) is 14.1. The van der Waals surface area contributed by atoms with Crippen molar-refractivity contribution in [3.8, 4) is 0 Å². The molecule has 0 radical (unpaired) electrons. The van der Waals surface area contributed by atoms with Crippen LogP contribution in [0.3, 0.4) is 0 Å². The van der Waals surface area contributed by atoms with Gasteiger partial charge in [0.15, 0.2) is 0 Å². The highest BCUT2D eigenvalue weighted by molar-refractivity contribution is 5.81. The van der Waals surface area contributed by atoms with Gasteiger partial charge in [0.25, 0.3) is 11.2 Å². The molecule has 1 amide bonds. The lowest BCUT2D eigenvalue weighted by molar-refractivity contribution is -0.385. The van der Waals surface area contributed by atoms with Gasteiger partial charge in [-0.25, -0.2) is 0 Å². The Morgan fingerprint density at radius 1 is 1.32 bits per heavy atom. The van der Waals surface area contributed by atoms with Crippen molar-refractivity contribution in [2.45, 2.75) is 19.9 Å². The van der Waals surface area contributed by atoms with Gasteiger partial charge in [-0.15, -0.1) is 0 Å². The molecule has 1 aliphatic rings. The third kappa shape index (κ3) is 3.33. The summed E-state index contributed by atoms with van der Waals surface area (Å²) >= 11 is 0. The van der Waals surface area contributed by atoms with E-state index in [0.717, 1.165) is 18.3 Å². The molecule has 2 heterocycles. The first-order chi connectivity index (χ1) is 10.4. The summed E-state index contributed by atoms with van der Waals surface area (Å²) in [6.45, 7) is 6.23. The van der Waals surface area contributed by atoms with E-state index in [1.165, 1.54) is 4.57 Å². The lowest BCUT2D eigenvalue weighted by atomic mass is 10.0. The Morgan fingerprint density at radius 2 is 1.95 bits per heavy atom. The van der Waals surface area contributed by atoms with Gasteiger partial charge in [0.2, 0.25) is 5.91 Å². The minimum absolute atomic E-state index is 0.151. The van der Waals surface area contributed by atoms with Crippen LogP contribution in [0.2, 0.25) is 0 Å². The molecule has 1 N–H and O–H groups in total. The number of nitrogens with zero attached hydrogens (tertiary/aromatic N) is 3. The number of nitrogens with one attached hydrogen (secondary N) is 1. The zero-order chi connectivity index (χ0) is 16.3. The first kappa shape index (κ1) is 16.2. The summed E-state index contributed by atoms with van der Waals surface area (Å²) in [5.41, 5.74) is -0.605. The van der Waals surface area contributed by atoms with E-state index in [9.17, 15) is 19.7 Å². The van der Waals surface area contributed by atoms with Crippen LogP contribution < -0.4 is 10.9 Å². The van der Waals surface area contributed by atoms with Crippen LogP contribution in [0.5, 0.6) is 0 Å². The number of carbonyl (C=O) groups is 1. The van der Waals surface area contributed by atoms with Crippen LogP contribution in [0.4, 0.5) is 5.69 Å². The Bertz CT molecular complexity index is 620. The number of hydrogen-bond donors (Lipinski definition) is 1. The molecule has 1 fully saturated rings. The molecule has 8 nitrogen and oxygen atoms in total. The minimum Gasteiger partial charge on any atom is -0.338 e. The highest BCUT2D eigenvalue weighted by atomic mass is 16.6. The molecule has 0 spiro atoms. The maximum atomic E-state index is 12.7. The zero-order valence-electron chi connectivity index (χ0n) is 12.7. The van der Waals surface area contributed by atoms with Gasteiger partial charge in [0.05, 0.1) is 11.1 Å². The summed E-state index contributed by atoms with van der Waals surface area (Å²) in [6, 6.07) is 1.56. The van der Waals surface area contributed by atoms with Gasteiger partial charge in [-0.2, -0.15) is 0 Å². The topological polar surface area (TPSA) is 97.5 Å². The normalized spacial score (nSPS) is 16.6. The average Bonchev–Trinajstić information content (AvgIpc) is 2.49. The quantitative estimate of drug-likeness (QED) is 0.641. The van der Waals surface area contributed by atoms with Gasteiger partial charge in [-0.05, 0) is 5.92 Å². The lowest BCUT2D eigenvalue weighted by Gasteiger charge is -2.33. The second-order valence-corrected chi connectivity index (χ2v) is 5.65. The number of rotatable bonds is 4. The third-order valence-corrected chi connectivity index (χ3v) is 3.75. The molecular formula is C14H20N4O4. The summed E-state index contributed by atoms with van der Waals surface area (Å²) in [6.07, 6.45) is 1.16. The maximum absolute atomic E-state index is 12.7. The molecule has 0 saturated carbocycles. The molecule has 1 unspecified atom stereocenters. The standard InChI is InChI=1S/C14H20N4O4/c1-10(2)13(14(20)16-7-5-15-6-8-16)17-9-11(18(21)22)3-4-12(17)19/h3-4,9-10,13,15H,5-8H2,1-2H3. The smallest absolute Gasteiger partial charge is 0.285 e. The van der Waals surface area contributed by atoms with Gasteiger partial charge >= 0.3 is 0 Å². The number of amides is 1. The van der Waals surface area contributed by atoms with E-state index in [4.69, 9.17) is 0 Å². The SMILES string of the molecule is CC(C)C(C(=O)N1CCNCC1)n1cc([N+](=O)[O-])ccc1=O. The average molecular weight is 308 g/mol. The van der Waals surface area contributed by atoms with Crippen LogP contribution in [-0.4, -0.2) is 46.5 Å². The predicted octanol–water partition coefficient (Wildman–Crippen LogP) is 0.385. The Labute approximate surface area is 127 Å². The van der Waals surface area contributed by atoms with Crippen LogP contribution in [0.25, 0.3) is 0 Å². The van der Waals surface area contributed by atoms with Crippen molar-refractivity contribution in [1.29, 1.82) is 0 Å². The number of aromatic nitrogens is 1. The van der Waals surface area contributed by atoms with Gasteiger partial charge in [0.1, 0.15) is 6.04 Å². The van der Waals surface area contributed by atoms with Crippen molar-refractivity contribution < 1.29 is 9.72 Å². The first-order valence-electron chi connectivity index (χ1n) is 7.28. The second kappa shape index (κ2) is 6.69. The Hall–Kier alpha value is -2.22. The van der Waals surface area contributed by atoms with E-state index in [1.807, 2.05) is 13.8 Å². The molecule has 1 aromatic heterocycles. The lowest BCUT2D eigenvalue weighted by Crippen LogP contribution is -2.50. The third-order valence-electron chi connectivity index (χ3n) is 3.75. The van der Waals surface area contributed by atoms with E-state index >= 15 is 0 Å². The van der Waals surface area contributed by atoms with Gasteiger partial charge in [-0.3, -0.25) is 24.3 Å². The predicted molar refractivity (Wildman–Crippen MR) is 80.7 cm³/mol. The minimum atomic E-state index is -0.731. The maximum Gasteiger partial charge on any atom is 0.285 e. The molecule has 1 aromatic rings. The Morgan fingerprint density at radius 3 is 2.50 bits per heavy atom. The second-order valence-electron chi connectivity index (χ2n) is 5.65. The molecule has 8 heteroatoms. The van der Waals surface area contributed by atoms with E-state index in [2.05, 4.69) is 5.32 Å². The largest absolute Gasteiger partial charge is 0.338 e. The number of carbonyl (C=O) groups excluding carboxylic acids is 1. The summed E-state index contributed by atoms with van der Waals surface area (Å²) < 4.78 is 1.19. The molecule has 2 rings (SSSR count). The van der Waals surface area contributed by atoms with Crippen LogP contribution >= 0.6 is 0 Å². The monoisotopic (exact) mass is 308 g/mol. The highest BCUT2D eigenvalue weighted by Crippen LogP contribution is 2.21. The summed E-state index contributed by atoms with van der Waals surface area (Å²) in [7, 11) is 0. The van der Waals surface area contributed by atoms with E-state index in [1.54, 1.807) is 4.90 Å². The zero-order valence-corrected chi connectivity index (χ0v) is 12.7. The molecule has 1 atom stereocenters. The molecule has 0 aromatic carbocycles. The fraction of sp³-hybridized carbons (Fsp3) is 0.571. The van der Waals surface area contributed by atoms with Crippen molar-refractivity contribution in [3.05, 3.63) is 38.8 Å². The molecule has 1 saturated heterocycles. The molecular weight excluding hydrogens is 288 g/mol. The van der Waals surface area contributed by atoms with Crippen LogP contribution in [0.15, 0.2) is 23.1 Å². The fourth-order valence-electron chi connectivity index (χ4n) is 2.61. The molecule has 22 heavy (non-hydrogen) atoms. The summed E-state index contributed by atoms with van der Waals surface area (Å²) in [5.74, 6) is -0.318. The van der Waals surface area contributed by atoms with E-state index < -0.39 is 16.5 Å². The summed E-state index contributed by atoms with van der Waals surface area (Å²) in [4.78, 5) is 36.9. The number of hydrogen-bond acceptors (Lipinski definition) is 5. The van der Waals surface area contributed by atoms with E-state index in [0.29, 0.717) is 26.2 Å². The van der Waals surface area contributed by atoms with Crippen LogP contribution in [0.1, 0.15) is 19.9 Å². The molecule has 1 aliphatic heterocycles. The van der Waals surface area contributed by atoms with Crippen molar-refractivity contribution in [2.75, 3.05) is 26.2 Å². The van der Waals surface area contributed by atoms with Gasteiger partial charge < -0.3 is 10.2 Å². The van der Waals surface area contributed by atoms with Crippen LogP contribution in [0, 0.1) is 16.0 Å². The van der Waals surface area contributed by atoms with Crippen molar-refractivity contribution in [3.63, 3.8) is 0 Å². The number of nitro groups is 1. The van der Waals surface area contributed by atoms with Crippen molar-refractivity contribution in [1.82, 2.24) is 14.8 Å². The van der Waals surface area contributed by atoms with Gasteiger partial charge in [0, 0.05) is 38.3 Å².